The second kappa shape index (κ2) is 6.07. The van der Waals surface area contributed by atoms with Crippen molar-refractivity contribution < 1.29 is 18.7 Å². The quantitative estimate of drug-likeness (QED) is 0.863. The third kappa shape index (κ3) is 4.40. The van der Waals surface area contributed by atoms with E-state index in [2.05, 4.69) is 5.32 Å². The van der Waals surface area contributed by atoms with Crippen molar-refractivity contribution in [3.8, 4) is 0 Å². The number of anilines is 1. The van der Waals surface area contributed by atoms with Gasteiger partial charge in [0.25, 0.3) is 0 Å². The molecule has 1 aromatic heterocycles. The molecule has 0 spiro atoms. The van der Waals surface area contributed by atoms with E-state index in [1.54, 1.807) is 21.9 Å². The third-order valence-electron chi connectivity index (χ3n) is 2.97. The summed E-state index contributed by atoms with van der Waals surface area (Å²) >= 11 is 0. The number of furan rings is 1. The van der Waals surface area contributed by atoms with E-state index < -0.39 is 5.60 Å². The molecule has 1 saturated heterocycles. The Morgan fingerprint density at radius 2 is 1.81 bits per heavy atom. The lowest BCUT2D eigenvalue weighted by Gasteiger charge is -2.35. The van der Waals surface area contributed by atoms with Crippen molar-refractivity contribution in [2.24, 2.45) is 0 Å². The monoisotopic (exact) mass is 295 g/mol. The van der Waals surface area contributed by atoms with Gasteiger partial charge in [-0.3, -0.25) is 5.32 Å². The Hall–Kier alpha value is -2.18. The molecule has 3 amide bonds. The summed E-state index contributed by atoms with van der Waals surface area (Å²) in [5, 5.41) is 2.66. The molecule has 2 heterocycles. The second-order valence-electron chi connectivity index (χ2n) is 5.86. The minimum Gasteiger partial charge on any atom is -0.449 e. The number of rotatable bonds is 1. The van der Waals surface area contributed by atoms with Crippen LogP contribution in [0.3, 0.4) is 0 Å². The fourth-order valence-corrected chi connectivity index (χ4v) is 1.95. The van der Waals surface area contributed by atoms with Crippen molar-refractivity contribution >= 4 is 18.0 Å². The molecule has 0 unspecified atom stereocenters. The smallest absolute Gasteiger partial charge is 0.410 e. The summed E-state index contributed by atoms with van der Waals surface area (Å²) in [5.41, 5.74) is -0.509. The number of carbonyl (C=O) groups is 2. The van der Waals surface area contributed by atoms with Crippen LogP contribution in [0.25, 0.3) is 0 Å². The number of nitrogens with one attached hydrogen (secondary N) is 1. The SMILES string of the molecule is CC(C)(C)OC(=O)N1CCN(C(=O)Nc2ccco2)CC1. The average Bonchev–Trinajstić information content (AvgIpc) is 2.90. The molecule has 116 valence electrons. The lowest BCUT2D eigenvalue weighted by atomic mass is 10.2. The van der Waals surface area contributed by atoms with Crippen LogP contribution in [-0.2, 0) is 4.74 Å². The minimum atomic E-state index is -0.509. The molecule has 21 heavy (non-hydrogen) atoms. The first kappa shape index (κ1) is 15.2. The predicted octanol–water partition coefficient (Wildman–Crippen LogP) is 2.36. The van der Waals surface area contributed by atoms with E-state index in [0.717, 1.165) is 0 Å². The summed E-state index contributed by atoms with van der Waals surface area (Å²) in [6.07, 6.45) is 1.16. The van der Waals surface area contributed by atoms with Crippen molar-refractivity contribution in [1.82, 2.24) is 9.80 Å². The molecule has 0 aromatic carbocycles. The number of hydrogen-bond donors (Lipinski definition) is 1. The fourth-order valence-electron chi connectivity index (χ4n) is 1.95. The van der Waals surface area contributed by atoms with Crippen LogP contribution >= 0.6 is 0 Å². The maximum absolute atomic E-state index is 12.0. The molecule has 0 saturated carbocycles. The van der Waals surface area contributed by atoms with Crippen molar-refractivity contribution in [1.29, 1.82) is 0 Å². The van der Waals surface area contributed by atoms with Crippen molar-refractivity contribution in [3.63, 3.8) is 0 Å². The topological polar surface area (TPSA) is 75.0 Å². The molecule has 2 rings (SSSR count). The van der Waals surface area contributed by atoms with Crippen LogP contribution in [0, 0.1) is 0 Å². The van der Waals surface area contributed by atoms with Gasteiger partial charge in [-0.25, -0.2) is 9.59 Å². The van der Waals surface area contributed by atoms with Crippen molar-refractivity contribution in [3.05, 3.63) is 18.4 Å². The number of nitrogens with zero attached hydrogens (tertiary/aromatic N) is 2. The Balaban J connectivity index is 1.80. The van der Waals surface area contributed by atoms with Crippen LogP contribution in [0.4, 0.5) is 15.5 Å². The number of hydrogen-bond acceptors (Lipinski definition) is 4. The highest BCUT2D eigenvalue weighted by Gasteiger charge is 2.27. The van der Waals surface area contributed by atoms with Gasteiger partial charge in [-0.15, -0.1) is 0 Å². The van der Waals surface area contributed by atoms with Crippen LogP contribution < -0.4 is 5.32 Å². The Bertz CT molecular complexity index is 485. The first-order valence-corrected chi connectivity index (χ1v) is 6.92. The second-order valence-corrected chi connectivity index (χ2v) is 5.86. The molecule has 7 heteroatoms. The highest BCUT2D eigenvalue weighted by atomic mass is 16.6. The van der Waals surface area contributed by atoms with Gasteiger partial charge in [-0.05, 0) is 26.8 Å². The van der Waals surface area contributed by atoms with Gasteiger partial charge in [0.2, 0.25) is 5.88 Å². The van der Waals surface area contributed by atoms with Crippen molar-refractivity contribution in [2.45, 2.75) is 26.4 Å². The summed E-state index contributed by atoms with van der Waals surface area (Å²) in [7, 11) is 0. The van der Waals surface area contributed by atoms with Gasteiger partial charge in [0.1, 0.15) is 5.60 Å². The molecule has 0 radical (unpaired) electrons. The van der Waals surface area contributed by atoms with Gasteiger partial charge in [-0.2, -0.15) is 0 Å². The highest BCUT2D eigenvalue weighted by Crippen LogP contribution is 2.13. The predicted molar refractivity (Wildman–Crippen MR) is 77.1 cm³/mol. The molecular weight excluding hydrogens is 274 g/mol. The molecule has 1 aliphatic heterocycles. The van der Waals surface area contributed by atoms with Crippen LogP contribution in [0.15, 0.2) is 22.8 Å². The minimum absolute atomic E-state index is 0.228. The van der Waals surface area contributed by atoms with Gasteiger partial charge < -0.3 is 19.0 Å². The average molecular weight is 295 g/mol. The Morgan fingerprint density at radius 3 is 2.33 bits per heavy atom. The first-order valence-electron chi connectivity index (χ1n) is 6.92. The maximum Gasteiger partial charge on any atom is 0.410 e. The summed E-state index contributed by atoms with van der Waals surface area (Å²) in [4.78, 5) is 27.2. The van der Waals surface area contributed by atoms with Crippen LogP contribution in [0.5, 0.6) is 0 Å². The normalized spacial score (nSPS) is 15.8. The molecule has 1 aromatic rings. The van der Waals surface area contributed by atoms with Gasteiger partial charge in [0, 0.05) is 32.2 Å². The molecule has 1 fully saturated rings. The molecule has 0 bridgehead atoms. The zero-order valence-corrected chi connectivity index (χ0v) is 12.6. The van der Waals surface area contributed by atoms with Gasteiger partial charge in [0.15, 0.2) is 0 Å². The fraction of sp³-hybridized carbons (Fsp3) is 0.571. The van der Waals surface area contributed by atoms with Gasteiger partial charge in [-0.1, -0.05) is 0 Å². The van der Waals surface area contributed by atoms with Gasteiger partial charge >= 0.3 is 12.1 Å². The zero-order valence-electron chi connectivity index (χ0n) is 12.6. The largest absolute Gasteiger partial charge is 0.449 e. The summed E-state index contributed by atoms with van der Waals surface area (Å²) in [6.45, 7) is 7.34. The maximum atomic E-state index is 12.0. The Kier molecular flexibility index (Phi) is 4.40. The number of urea groups is 1. The van der Waals surface area contributed by atoms with Crippen LogP contribution in [0.2, 0.25) is 0 Å². The van der Waals surface area contributed by atoms with E-state index in [9.17, 15) is 9.59 Å². The third-order valence-corrected chi connectivity index (χ3v) is 2.97. The number of amides is 3. The summed E-state index contributed by atoms with van der Waals surface area (Å²) in [5.74, 6) is 0.412. The van der Waals surface area contributed by atoms with Crippen molar-refractivity contribution in [2.75, 3.05) is 31.5 Å². The molecule has 1 N–H and O–H groups in total. The standard InChI is InChI=1S/C14H21N3O4/c1-14(2,3)21-13(19)17-8-6-16(7-9-17)12(18)15-11-5-4-10-20-11/h4-5,10H,6-9H2,1-3H3,(H,15,18). The number of carbonyl (C=O) groups excluding carboxylic acids is 2. The van der Waals surface area contributed by atoms with Gasteiger partial charge in [0.05, 0.1) is 6.26 Å². The number of piperazine rings is 1. The molecule has 7 nitrogen and oxygen atoms in total. The number of ether oxygens (including phenoxy) is 1. The Labute approximate surface area is 123 Å². The van der Waals surface area contributed by atoms with Crippen LogP contribution in [-0.4, -0.2) is 53.7 Å². The van der Waals surface area contributed by atoms with E-state index >= 15 is 0 Å². The molecular formula is C14H21N3O4. The molecule has 1 aliphatic rings. The summed E-state index contributed by atoms with van der Waals surface area (Å²) < 4.78 is 10.4. The Morgan fingerprint density at radius 1 is 1.19 bits per heavy atom. The zero-order chi connectivity index (χ0) is 15.5. The van der Waals surface area contributed by atoms with E-state index in [1.165, 1.54) is 6.26 Å². The lowest BCUT2D eigenvalue weighted by Crippen LogP contribution is -2.52. The molecule has 0 aliphatic carbocycles. The summed E-state index contributed by atoms with van der Waals surface area (Å²) in [6, 6.07) is 3.15. The van der Waals surface area contributed by atoms with E-state index in [4.69, 9.17) is 9.15 Å². The van der Waals surface area contributed by atoms with E-state index in [0.29, 0.717) is 32.1 Å². The first-order chi connectivity index (χ1) is 9.85. The molecule has 0 atom stereocenters. The van der Waals surface area contributed by atoms with E-state index in [-0.39, 0.29) is 12.1 Å². The van der Waals surface area contributed by atoms with Crippen LogP contribution in [0.1, 0.15) is 20.8 Å². The highest BCUT2D eigenvalue weighted by molar-refractivity contribution is 5.88. The van der Waals surface area contributed by atoms with E-state index in [1.807, 2.05) is 20.8 Å². The lowest BCUT2D eigenvalue weighted by molar-refractivity contribution is 0.0174.